The second-order valence-electron chi connectivity index (χ2n) is 2.30. The number of hydrogen-bond donors (Lipinski definition) is 2. The van der Waals surface area contributed by atoms with Crippen molar-refractivity contribution in [2.75, 3.05) is 0 Å². The first-order chi connectivity index (χ1) is 6.18. The Labute approximate surface area is 75.6 Å². The lowest BCUT2D eigenvalue weighted by Gasteiger charge is -1.95. The molecule has 2 aromatic heterocycles. The highest BCUT2D eigenvalue weighted by atomic mass is 35.5. The summed E-state index contributed by atoms with van der Waals surface area (Å²) in [5, 5.41) is 0.0957. The van der Waals surface area contributed by atoms with Gasteiger partial charge in [0.1, 0.15) is 11.8 Å². The minimum atomic E-state index is -0.774. The third kappa shape index (κ3) is 1.20. The Morgan fingerprint density at radius 3 is 2.62 bits per heavy atom. The number of rotatable bonds is 0. The molecule has 2 rings (SSSR count). The van der Waals surface area contributed by atoms with E-state index in [1.54, 1.807) is 0 Å². The van der Waals surface area contributed by atoms with Crippen molar-refractivity contribution in [2.24, 2.45) is 0 Å². The lowest BCUT2D eigenvalue weighted by Crippen LogP contribution is -2.29. The second kappa shape index (κ2) is 2.67. The van der Waals surface area contributed by atoms with Crippen molar-refractivity contribution in [3.05, 3.63) is 32.2 Å². The van der Waals surface area contributed by atoms with Gasteiger partial charge in [0.2, 0.25) is 0 Å². The molecule has 0 radical (unpaired) electrons. The van der Waals surface area contributed by atoms with E-state index in [-0.39, 0.29) is 16.3 Å². The summed E-state index contributed by atoms with van der Waals surface area (Å²) >= 11 is 5.64. The van der Waals surface area contributed by atoms with Gasteiger partial charge in [0, 0.05) is 0 Å². The van der Waals surface area contributed by atoms with E-state index in [4.69, 9.17) is 11.6 Å². The fourth-order valence-corrected chi connectivity index (χ4v) is 1.08. The highest BCUT2D eigenvalue weighted by Crippen LogP contribution is 2.10. The number of halogens is 1. The SMILES string of the molecule is O=c1[nH]c2ncnc(Cl)c2[nH]c1=O. The summed E-state index contributed by atoms with van der Waals surface area (Å²) in [6.45, 7) is 0. The second-order valence-corrected chi connectivity index (χ2v) is 2.65. The van der Waals surface area contributed by atoms with Gasteiger partial charge in [0.05, 0.1) is 0 Å². The van der Waals surface area contributed by atoms with Crippen LogP contribution in [0.2, 0.25) is 5.15 Å². The molecule has 0 unspecified atom stereocenters. The summed E-state index contributed by atoms with van der Waals surface area (Å²) in [7, 11) is 0. The van der Waals surface area contributed by atoms with Crippen molar-refractivity contribution in [1.82, 2.24) is 19.9 Å². The van der Waals surface area contributed by atoms with Crippen LogP contribution in [0.1, 0.15) is 0 Å². The van der Waals surface area contributed by atoms with Crippen LogP contribution >= 0.6 is 11.6 Å². The first kappa shape index (κ1) is 7.93. The van der Waals surface area contributed by atoms with Gasteiger partial charge in [-0.25, -0.2) is 9.97 Å². The number of H-pyrrole nitrogens is 2. The van der Waals surface area contributed by atoms with Crippen LogP contribution in [-0.2, 0) is 0 Å². The first-order valence-corrected chi connectivity index (χ1v) is 3.69. The normalized spacial score (nSPS) is 10.5. The molecule has 0 saturated carbocycles. The molecule has 0 aliphatic rings. The Hall–Kier alpha value is -1.69. The van der Waals surface area contributed by atoms with E-state index in [2.05, 4.69) is 19.9 Å². The number of nitrogens with one attached hydrogen (secondary N) is 2. The van der Waals surface area contributed by atoms with Crippen molar-refractivity contribution in [3.63, 3.8) is 0 Å². The molecule has 7 heteroatoms. The largest absolute Gasteiger partial charge is 0.315 e. The molecule has 0 aliphatic heterocycles. The van der Waals surface area contributed by atoms with Crippen LogP contribution in [0.25, 0.3) is 11.2 Å². The number of aromatic amines is 2. The van der Waals surface area contributed by atoms with Crippen molar-refractivity contribution < 1.29 is 0 Å². The molecule has 2 N–H and O–H groups in total. The van der Waals surface area contributed by atoms with Crippen LogP contribution in [0, 0.1) is 0 Å². The van der Waals surface area contributed by atoms with E-state index in [0.29, 0.717) is 0 Å². The third-order valence-electron chi connectivity index (χ3n) is 1.48. The molecule has 6 nitrogen and oxygen atoms in total. The number of aromatic nitrogens is 4. The summed E-state index contributed by atoms with van der Waals surface area (Å²) in [4.78, 5) is 33.6. The van der Waals surface area contributed by atoms with Crippen LogP contribution in [0.5, 0.6) is 0 Å². The van der Waals surface area contributed by atoms with E-state index < -0.39 is 11.1 Å². The van der Waals surface area contributed by atoms with Crippen molar-refractivity contribution in [1.29, 1.82) is 0 Å². The zero-order valence-electron chi connectivity index (χ0n) is 6.17. The van der Waals surface area contributed by atoms with Crippen molar-refractivity contribution in [2.45, 2.75) is 0 Å². The fourth-order valence-electron chi connectivity index (χ4n) is 0.904. The topological polar surface area (TPSA) is 91.5 Å². The molecular formula is C6H3ClN4O2. The van der Waals surface area contributed by atoms with Gasteiger partial charge in [-0.15, -0.1) is 0 Å². The molecule has 2 aromatic rings. The maximum atomic E-state index is 10.9. The zero-order valence-corrected chi connectivity index (χ0v) is 6.92. The molecule has 0 bridgehead atoms. The summed E-state index contributed by atoms with van der Waals surface area (Å²) in [6, 6.07) is 0. The standard InChI is InChI=1S/C6H3ClN4O2/c7-3-2-4(9-1-8-3)11-6(13)5(12)10-2/h1H,(H,10,12)(H,8,9,11,13). The first-order valence-electron chi connectivity index (χ1n) is 3.31. The molecule has 0 aromatic carbocycles. The average molecular weight is 199 g/mol. The molecule has 0 fully saturated rings. The summed E-state index contributed by atoms with van der Waals surface area (Å²) in [5.74, 6) is 0. The molecule has 0 aliphatic carbocycles. The quantitative estimate of drug-likeness (QED) is 0.448. The van der Waals surface area contributed by atoms with E-state index >= 15 is 0 Å². The van der Waals surface area contributed by atoms with E-state index in [1.807, 2.05) is 0 Å². The Bertz CT molecular complexity index is 573. The predicted molar refractivity (Wildman–Crippen MR) is 45.8 cm³/mol. The van der Waals surface area contributed by atoms with Crippen LogP contribution in [0.4, 0.5) is 0 Å². The molecule has 2 heterocycles. The molecular weight excluding hydrogens is 196 g/mol. The van der Waals surface area contributed by atoms with Crippen LogP contribution < -0.4 is 11.1 Å². The predicted octanol–water partition coefficient (Wildman–Crippen LogP) is -0.340. The highest BCUT2D eigenvalue weighted by Gasteiger charge is 2.03. The van der Waals surface area contributed by atoms with Gasteiger partial charge in [0.15, 0.2) is 10.8 Å². The van der Waals surface area contributed by atoms with Crippen molar-refractivity contribution >= 4 is 22.8 Å². The Morgan fingerprint density at radius 1 is 1.15 bits per heavy atom. The monoisotopic (exact) mass is 198 g/mol. The van der Waals surface area contributed by atoms with E-state index in [0.717, 1.165) is 0 Å². The van der Waals surface area contributed by atoms with Gasteiger partial charge in [-0.05, 0) is 0 Å². The average Bonchev–Trinajstić information content (AvgIpc) is 2.09. The molecule has 0 spiro atoms. The van der Waals surface area contributed by atoms with Gasteiger partial charge in [-0.3, -0.25) is 9.59 Å². The van der Waals surface area contributed by atoms with Gasteiger partial charge < -0.3 is 9.97 Å². The number of fused-ring (bicyclic) bond motifs is 1. The van der Waals surface area contributed by atoms with Gasteiger partial charge in [-0.2, -0.15) is 0 Å². The fraction of sp³-hybridized carbons (Fsp3) is 0. The highest BCUT2D eigenvalue weighted by molar-refractivity contribution is 6.33. The molecule has 0 saturated heterocycles. The zero-order chi connectivity index (χ0) is 9.42. The minimum Gasteiger partial charge on any atom is -0.312 e. The van der Waals surface area contributed by atoms with Crippen molar-refractivity contribution in [3.8, 4) is 0 Å². The Kier molecular flexibility index (Phi) is 1.63. The van der Waals surface area contributed by atoms with Crippen LogP contribution in [-0.4, -0.2) is 19.9 Å². The Morgan fingerprint density at radius 2 is 1.85 bits per heavy atom. The maximum Gasteiger partial charge on any atom is 0.315 e. The summed E-state index contributed by atoms with van der Waals surface area (Å²) < 4.78 is 0. The third-order valence-corrected chi connectivity index (χ3v) is 1.76. The smallest absolute Gasteiger partial charge is 0.312 e. The van der Waals surface area contributed by atoms with E-state index in [1.165, 1.54) is 6.33 Å². The maximum absolute atomic E-state index is 10.9. The lowest BCUT2D eigenvalue weighted by atomic mass is 10.5. The van der Waals surface area contributed by atoms with Crippen LogP contribution in [0.15, 0.2) is 15.9 Å². The molecule has 0 amide bonds. The summed E-state index contributed by atoms with van der Waals surface area (Å²) in [5.41, 5.74) is -1.09. The number of nitrogens with zero attached hydrogens (tertiary/aromatic N) is 2. The van der Waals surface area contributed by atoms with Gasteiger partial charge >= 0.3 is 11.1 Å². The molecule has 13 heavy (non-hydrogen) atoms. The molecule has 0 atom stereocenters. The summed E-state index contributed by atoms with van der Waals surface area (Å²) in [6.07, 6.45) is 1.19. The lowest BCUT2D eigenvalue weighted by molar-refractivity contribution is 1.08. The molecule has 66 valence electrons. The van der Waals surface area contributed by atoms with E-state index in [9.17, 15) is 9.59 Å². The Balaban J connectivity index is 3.06. The van der Waals surface area contributed by atoms with Crippen LogP contribution in [0.3, 0.4) is 0 Å². The van der Waals surface area contributed by atoms with Gasteiger partial charge in [-0.1, -0.05) is 11.6 Å². The van der Waals surface area contributed by atoms with Gasteiger partial charge in [0.25, 0.3) is 0 Å². The number of hydrogen-bond acceptors (Lipinski definition) is 4. The minimum absolute atomic E-state index is 0.0957.